The highest BCUT2D eigenvalue weighted by Gasteiger charge is 2.15. The van der Waals surface area contributed by atoms with Gasteiger partial charge in [-0.2, -0.15) is 5.10 Å². The Kier molecular flexibility index (Phi) is 3.45. The summed E-state index contributed by atoms with van der Waals surface area (Å²) in [5, 5.41) is 7.69. The predicted molar refractivity (Wildman–Crippen MR) is 68.0 cm³/mol. The van der Waals surface area contributed by atoms with Gasteiger partial charge in [-0.1, -0.05) is 6.07 Å². The number of pyridine rings is 1. The fourth-order valence-corrected chi connectivity index (χ4v) is 1.69. The minimum absolute atomic E-state index is 0.136. The highest BCUT2D eigenvalue weighted by atomic mass is 16.5. The Hall–Kier alpha value is -1.39. The molecule has 0 aliphatic carbocycles. The van der Waals surface area contributed by atoms with Crippen LogP contribution in [-0.2, 0) is 11.3 Å². The second-order valence-electron chi connectivity index (χ2n) is 4.77. The summed E-state index contributed by atoms with van der Waals surface area (Å²) in [6.07, 6.45) is 3.86. The van der Waals surface area contributed by atoms with Gasteiger partial charge < -0.3 is 10.1 Å². The maximum atomic E-state index is 5.36. The molecule has 0 spiro atoms. The number of rotatable bonds is 5. The maximum Gasteiger partial charge on any atom is 0.0746 e. The van der Waals surface area contributed by atoms with E-state index in [4.69, 9.17) is 4.74 Å². The minimum Gasteiger partial charge on any atom is -0.377 e. The molecule has 0 amide bonds. The summed E-state index contributed by atoms with van der Waals surface area (Å²) in [6.45, 7) is 5.75. The molecule has 0 bridgehead atoms. The SMILES string of the molecule is COC(C)(C)CNCc1cnn2ccccc12. The van der Waals surface area contributed by atoms with E-state index < -0.39 is 0 Å². The Balaban J connectivity index is 2.00. The van der Waals surface area contributed by atoms with Crippen molar-refractivity contribution >= 4 is 5.52 Å². The molecule has 0 unspecified atom stereocenters. The van der Waals surface area contributed by atoms with E-state index in [-0.39, 0.29) is 5.60 Å². The Bertz CT molecular complexity index is 490. The molecule has 2 aromatic rings. The number of methoxy groups -OCH3 is 1. The second kappa shape index (κ2) is 4.85. The lowest BCUT2D eigenvalue weighted by Gasteiger charge is -2.23. The van der Waals surface area contributed by atoms with Crippen molar-refractivity contribution in [2.45, 2.75) is 26.0 Å². The summed E-state index contributed by atoms with van der Waals surface area (Å²) >= 11 is 0. The van der Waals surface area contributed by atoms with Gasteiger partial charge >= 0.3 is 0 Å². The van der Waals surface area contributed by atoms with E-state index in [9.17, 15) is 0 Å². The number of nitrogens with one attached hydrogen (secondary N) is 1. The van der Waals surface area contributed by atoms with E-state index in [0.29, 0.717) is 0 Å². The van der Waals surface area contributed by atoms with Crippen molar-refractivity contribution in [3.63, 3.8) is 0 Å². The first-order valence-electron chi connectivity index (χ1n) is 5.79. The van der Waals surface area contributed by atoms with E-state index >= 15 is 0 Å². The first-order chi connectivity index (χ1) is 8.12. The topological polar surface area (TPSA) is 38.6 Å². The van der Waals surface area contributed by atoms with Gasteiger partial charge in [0, 0.05) is 32.0 Å². The van der Waals surface area contributed by atoms with Crippen LogP contribution in [0.25, 0.3) is 5.52 Å². The molecule has 0 aromatic carbocycles. The molecule has 0 aliphatic rings. The summed E-state index contributed by atoms with van der Waals surface area (Å²) in [5.74, 6) is 0. The molecule has 1 N–H and O–H groups in total. The van der Waals surface area contributed by atoms with Gasteiger partial charge in [0.1, 0.15) is 0 Å². The van der Waals surface area contributed by atoms with E-state index in [1.54, 1.807) is 7.11 Å². The van der Waals surface area contributed by atoms with Crippen LogP contribution in [-0.4, -0.2) is 28.9 Å². The summed E-state index contributed by atoms with van der Waals surface area (Å²) in [7, 11) is 1.73. The van der Waals surface area contributed by atoms with Gasteiger partial charge in [0.05, 0.1) is 17.3 Å². The lowest BCUT2D eigenvalue weighted by Crippen LogP contribution is -2.36. The smallest absolute Gasteiger partial charge is 0.0746 e. The number of hydrogen-bond acceptors (Lipinski definition) is 3. The zero-order valence-electron chi connectivity index (χ0n) is 10.6. The predicted octanol–water partition coefficient (Wildman–Crippen LogP) is 1.85. The normalized spacial score (nSPS) is 12.2. The molecule has 17 heavy (non-hydrogen) atoms. The first-order valence-corrected chi connectivity index (χ1v) is 5.79. The van der Waals surface area contributed by atoms with Gasteiger partial charge in [-0.25, -0.2) is 4.52 Å². The van der Waals surface area contributed by atoms with Crippen LogP contribution >= 0.6 is 0 Å². The third kappa shape index (κ3) is 2.84. The average Bonchev–Trinajstić information content (AvgIpc) is 2.73. The van der Waals surface area contributed by atoms with Crippen molar-refractivity contribution in [3.8, 4) is 0 Å². The second-order valence-corrected chi connectivity index (χ2v) is 4.77. The van der Waals surface area contributed by atoms with Crippen molar-refractivity contribution < 1.29 is 4.74 Å². The third-order valence-corrected chi connectivity index (χ3v) is 2.93. The molecular weight excluding hydrogens is 214 g/mol. The van der Waals surface area contributed by atoms with Crippen LogP contribution in [0.5, 0.6) is 0 Å². The first kappa shape index (κ1) is 12.1. The molecule has 0 atom stereocenters. The van der Waals surface area contributed by atoms with Crippen LogP contribution in [0.2, 0.25) is 0 Å². The van der Waals surface area contributed by atoms with Crippen LogP contribution in [0.15, 0.2) is 30.6 Å². The molecule has 4 nitrogen and oxygen atoms in total. The molecule has 0 radical (unpaired) electrons. The lowest BCUT2D eigenvalue weighted by molar-refractivity contribution is 0.0231. The summed E-state index contributed by atoms with van der Waals surface area (Å²) in [4.78, 5) is 0. The minimum atomic E-state index is -0.136. The van der Waals surface area contributed by atoms with Gasteiger partial charge in [0.15, 0.2) is 0 Å². The van der Waals surface area contributed by atoms with Gasteiger partial charge in [-0.05, 0) is 26.0 Å². The Morgan fingerprint density at radius 1 is 1.41 bits per heavy atom. The fourth-order valence-electron chi connectivity index (χ4n) is 1.69. The molecule has 92 valence electrons. The van der Waals surface area contributed by atoms with Crippen molar-refractivity contribution in [1.29, 1.82) is 0 Å². The van der Waals surface area contributed by atoms with Crippen molar-refractivity contribution in [1.82, 2.24) is 14.9 Å². The average molecular weight is 233 g/mol. The zero-order chi connectivity index (χ0) is 12.3. The van der Waals surface area contributed by atoms with Crippen LogP contribution < -0.4 is 5.32 Å². The quantitative estimate of drug-likeness (QED) is 0.856. The number of hydrogen-bond donors (Lipinski definition) is 1. The van der Waals surface area contributed by atoms with E-state index in [1.807, 2.05) is 29.0 Å². The molecule has 0 fully saturated rings. The molecular formula is C13H19N3O. The van der Waals surface area contributed by atoms with Crippen molar-refractivity contribution in [3.05, 3.63) is 36.2 Å². The Labute approximate surface area is 102 Å². The monoisotopic (exact) mass is 233 g/mol. The molecule has 2 rings (SSSR count). The van der Waals surface area contributed by atoms with Gasteiger partial charge in [0.25, 0.3) is 0 Å². The van der Waals surface area contributed by atoms with Crippen LogP contribution in [0.1, 0.15) is 19.4 Å². The molecule has 2 aromatic heterocycles. The molecule has 0 saturated heterocycles. The molecule has 0 aliphatic heterocycles. The summed E-state index contributed by atoms with van der Waals surface area (Å²) in [5.41, 5.74) is 2.22. The number of fused-ring (bicyclic) bond motifs is 1. The highest BCUT2D eigenvalue weighted by molar-refractivity contribution is 5.53. The molecule has 0 saturated carbocycles. The summed E-state index contributed by atoms with van der Waals surface area (Å²) in [6, 6.07) is 6.08. The van der Waals surface area contributed by atoms with E-state index in [1.165, 1.54) is 5.56 Å². The Morgan fingerprint density at radius 3 is 3.00 bits per heavy atom. The number of nitrogens with zero attached hydrogens (tertiary/aromatic N) is 2. The maximum absolute atomic E-state index is 5.36. The molecule has 4 heteroatoms. The van der Waals surface area contributed by atoms with Crippen LogP contribution in [0, 0.1) is 0 Å². The number of aromatic nitrogens is 2. The largest absolute Gasteiger partial charge is 0.377 e. The van der Waals surface area contributed by atoms with Gasteiger partial charge in [0.2, 0.25) is 0 Å². The van der Waals surface area contributed by atoms with Crippen molar-refractivity contribution in [2.75, 3.05) is 13.7 Å². The van der Waals surface area contributed by atoms with E-state index in [2.05, 4.69) is 30.3 Å². The third-order valence-electron chi connectivity index (χ3n) is 2.93. The van der Waals surface area contributed by atoms with Crippen LogP contribution in [0.4, 0.5) is 0 Å². The standard InChI is InChI=1S/C13H19N3O/c1-13(2,17-3)10-14-8-11-9-15-16-7-5-4-6-12(11)16/h4-7,9,14H,8,10H2,1-3H3. The number of ether oxygens (including phenoxy) is 1. The van der Waals surface area contributed by atoms with Crippen LogP contribution in [0.3, 0.4) is 0 Å². The molecule has 2 heterocycles. The Morgan fingerprint density at radius 2 is 2.24 bits per heavy atom. The van der Waals surface area contributed by atoms with Gasteiger partial charge in [-0.3, -0.25) is 0 Å². The highest BCUT2D eigenvalue weighted by Crippen LogP contribution is 2.10. The lowest BCUT2D eigenvalue weighted by atomic mass is 10.1. The zero-order valence-corrected chi connectivity index (χ0v) is 10.6. The van der Waals surface area contributed by atoms with Crippen molar-refractivity contribution in [2.24, 2.45) is 0 Å². The summed E-state index contributed by atoms with van der Waals surface area (Å²) < 4.78 is 7.25. The fraction of sp³-hybridized carbons (Fsp3) is 0.462. The van der Waals surface area contributed by atoms with E-state index in [0.717, 1.165) is 18.6 Å². The van der Waals surface area contributed by atoms with Gasteiger partial charge in [-0.15, -0.1) is 0 Å².